The number of rotatable bonds is 4. The van der Waals surface area contributed by atoms with Crippen LogP contribution in [0.15, 0.2) is 24.3 Å². The molecule has 0 saturated carbocycles. The second-order valence-electron chi connectivity index (χ2n) is 3.52. The summed E-state index contributed by atoms with van der Waals surface area (Å²) in [5, 5.41) is 12.5. The molecule has 0 saturated heterocycles. The lowest BCUT2D eigenvalue weighted by molar-refractivity contribution is 0.610. The van der Waals surface area contributed by atoms with Gasteiger partial charge in [0.2, 0.25) is 0 Å². The first kappa shape index (κ1) is 12.8. The highest BCUT2D eigenvalue weighted by Gasteiger charge is 2.08. The average molecular weight is 282 g/mol. The number of halogens is 2. The first-order chi connectivity index (χ1) is 8.70. The third kappa shape index (κ3) is 2.97. The molecule has 0 bridgehead atoms. The van der Waals surface area contributed by atoms with Crippen LogP contribution < -0.4 is 5.32 Å². The molecular formula is C12H9ClFN3S. The fourth-order valence-corrected chi connectivity index (χ4v) is 2.42. The van der Waals surface area contributed by atoms with Gasteiger partial charge in [0.1, 0.15) is 16.8 Å². The Labute approximate surface area is 113 Å². The summed E-state index contributed by atoms with van der Waals surface area (Å²) in [6.07, 6.45) is 0.547. The van der Waals surface area contributed by atoms with Crippen LogP contribution in [0.3, 0.4) is 0 Å². The lowest BCUT2D eigenvalue weighted by Crippen LogP contribution is -2.05. The highest BCUT2D eigenvalue weighted by Crippen LogP contribution is 2.25. The summed E-state index contributed by atoms with van der Waals surface area (Å²) in [4.78, 5) is 4.37. The molecule has 92 valence electrons. The normalized spacial score (nSPS) is 10.1. The molecule has 0 spiro atoms. The van der Waals surface area contributed by atoms with Crippen molar-refractivity contribution in [3.05, 3.63) is 45.7 Å². The number of hydrogen-bond donors (Lipinski definition) is 1. The van der Waals surface area contributed by atoms with E-state index < -0.39 is 0 Å². The molecule has 1 aromatic carbocycles. The van der Waals surface area contributed by atoms with Crippen LogP contribution in [0.25, 0.3) is 0 Å². The van der Waals surface area contributed by atoms with E-state index in [9.17, 15) is 4.39 Å². The van der Waals surface area contributed by atoms with Crippen LogP contribution in [0, 0.1) is 17.1 Å². The van der Waals surface area contributed by atoms with Gasteiger partial charge < -0.3 is 5.32 Å². The summed E-state index contributed by atoms with van der Waals surface area (Å²) < 4.78 is 13.3. The van der Waals surface area contributed by atoms with Gasteiger partial charge in [-0.05, 0) is 18.1 Å². The monoisotopic (exact) mass is 281 g/mol. The molecule has 0 fully saturated rings. The molecular weight excluding hydrogens is 273 g/mol. The van der Waals surface area contributed by atoms with E-state index >= 15 is 0 Å². The van der Waals surface area contributed by atoms with Gasteiger partial charge in [0, 0.05) is 6.54 Å². The Morgan fingerprint density at radius 3 is 2.89 bits per heavy atom. The van der Waals surface area contributed by atoms with Crippen LogP contribution >= 0.6 is 22.9 Å². The van der Waals surface area contributed by atoms with Crippen molar-refractivity contribution < 1.29 is 4.39 Å². The minimum absolute atomic E-state index is 0.205. The van der Waals surface area contributed by atoms with E-state index in [1.165, 1.54) is 17.4 Å². The number of hydrogen-bond acceptors (Lipinski definition) is 4. The smallest absolute Gasteiger partial charge is 0.185 e. The Bertz CT molecular complexity index is 591. The second kappa shape index (κ2) is 5.80. The minimum atomic E-state index is -0.214. The van der Waals surface area contributed by atoms with Gasteiger partial charge in [-0.15, -0.1) is 0 Å². The molecule has 2 rings (SSSR count). The van der Waals surface area contributed by atoms with Crippen molar-refractivity contribution in [3.63, 3.8) is 0 Å². The highest BCUT2D eigenvalue weighted by atomic mass is 35.5. The van der Waals surface area contributed by atoms with Gasteiger partial charge >= 0.3 is 0 Å². The lowest BCUT2D eigenvalue weighted by Gasteiger charge is -2.03. The number of nitriles is 1. The summed E-state index contributed by atoms with van der Waals surface area (Å²) in [6.45, 7) is 0.537. The molecule has 0 radical (unpaired) electrons. The molecule has 1 N–H and O–H groups in total. The Kier molecular flexibility index (Phi) is 4.13. The van der Waals surface area contributed by atoms with Crippen molar-refractivity contribution >= 4 is 28.1 Å². The van der Waals surface area contributed by atoms with Gasteiger partial charge in [-0.25, -0.2) is 9.37 Å². The van der Waals surface area contributed by atoms with E-state index in [4.69, 9.17) is 16.9 Å². The third-order valence-electron chi connectivity index (χ3n) is 2.32. The predicted molar refractivity (Wildman–Crippen MR) is 70.4 cm³/mol. The van der Waals surface area contributed by atoms with Crippen LogP contribution in [0.1, 0.15) is 10.4 Å². The van der Waals surface area contributed by atoms with Crippen LogP contribution in [0.2, 0.25) is 5.15 Å². The Morgan fingerprint density at radius 1 is 1.44 bits per heavy atom. The van der Waals surface area contributed by atoms with Gasteiger partial charge in [-0.3, -0.25) is 0 Å². The standard InChI is InChI=1S/C12H9ClFN3S/c13-11-10(7-15)18-12(17-11)16-6-5-8-3-1-2-4-9(8)14/h1-4H,5-6H2,(H,16,17). The van der Waals surface area contributed by atoms with Gasteiger partial charge in [0.15, 0.2) is 10.3 Å². The number of aromatic nitrogens is 1. The molecule has 0 unspecified atom stereocenters. The minimum Gasteiger partial charge on any atom is -0.361 e. The summed E-state index contributed by atoms with van der Waals surface area (Å²) >= 11 is 6.93. The maximum atomic E-state index is 13.3. The second-order valence-corrected chi connectivity index (χ2v) is 4.88. The summed E-state index contributed by atoms with van der Waals surface area (Å²) in [6, 6.07) is 8.59. The molecule has 1 heterocycles. The number of benzene rings is 1. The van der Waals surface area contributed by atoms with Crippen LogP contribution in [0.5, 0.6) is 0 Å². The van der Waals surface area contributed by atoms with E-state index in [1.54, 1.807) is 18.2 Å². The van der Waals surface area contributed by atoms with E-state index in [1.807, 2.05) is 6.07 Å². The predicted octanol–water partition coefficient (Wildman–Crippen LogP) is 3.46. The molecule has 0 amide bonds. The average Bonchev–Trinajstić information content (AvgIpc) is 2.72. The topological polar surface area (TPSA) is 48.7 Å². The number of nitrogens with one attached hydrogen (secondary N) is 1. The van der Waals surface area contributed by atoms with Crippen LogP contribution in [0.4, 0.5) is 9.52 Å². The SMILES string of the molecule is N#Cc1sc(NCCc2ccccc2F)nc1Cl. The Balaban J connectivity index is 1.93. The zero-order valence-corrected chi connectivity index (χ0v) is 10.9. The molecule has 2 aromatic rings. The van der Waals surface area contributed by atoms with E-state index in [2.05, 4.69) is 10.3 Å². The van der Waals surface area contributed by atoms with Crippen molar-refractivity contribution in [1.82, 2.24) is 4.98 Å². The van der Waals surface area contributed by atoms with Gasteiger partial charge in [-0.1, -0.05) is 41.1 Å². The number of anilines is 1. The molecule has 0 aliphatic heterocycles. The van der Waals surface area contributed by atoms with Gasteiger partial charge in [-0.2, -0.15) is 5.26 Å². The fourth-order valence-electron chi connectivity index (χ4n) is 1.45. The van der Waals surface area contributed by atoms with Crippen molar-refractivity contribution in [3.8, 4) is 6.07 Å². The van der Waals surface area contributed by atoms with Crippen LogP contribution in [-0.4, -0.2) is 11.5 Å². The Hall–Kier alpha value is -1.64. The van der Waals surface area contributed by atoms with Crippen molar-refractivity contribution in [1.29, 1.82) is 5.26 Å². The molecule has 6 heteroatoms. The molecule has 1 aromatic heterocycles. The molecule has 3 nitrogen and oxygen atoms in total. The molecule has 18 heavy (non-hydrogen) atoms. The van der Waals surface area contributed by atoms with Crippen LogP contribution in [-0.2, 0) is 6.42 Å². The maximum Gasteiger partial charge on any atom is 0.185 e. The summed E-state index contributed by atoms with van der Waals surface area (Å²) in [5.74, 6) is -0.214. The first-order valence-corrected chi connectivity index (χ1v) is 6.44. The fraction of sp³-hybridized carbons (Fsp3) is 0.167. The van der Waals surface area contributed by atoms with Crippen molar-refractivity contribution in [2.24, 2.45) is 0 Å². The molecule has 0 atom stereocenters. The largest absolute Gasteiger partial charge is 0.361 e. The number of nitrogens with zero attached hydrogens (tertiary/aromatic N) is 2. The highest BCUT2D eigenvalue weighted by molar-refractivity contribution is 7.16. The molecule has 0 aliphatic carbocycles. The Morgan fingerprint density at radius 2 is 2.22 bits per heavy atom. The van der Waals surface area contributed by atoms with Gasteiger partial charge in [0.25, 0.3) is 0 Å². The van der Waals surface area contributed by atoms with Crippen molar-refractivity contribution in [2.75, 3.05) is 11.9 Å². The maximum absolute atomic E-state index is 13.3. The first-order valence-electron chi connectivity index (χ1n) is 5.24. The quantitative estimate of drug-likeness (QED) is 0.934. The lowest BCUT2D eigenvalue weighted by atomic mass is 10.1. The molecule has 0 aliphatic rings. The van der Waals surface area contributed by atoms with E-state index in [-0.39, 0.29) is 11.0 Å². The van der Waals surface area contributed by atoms with Crippen molar-refractivity contribution in [2.45, 2.75) is 6.42 Å². The van der Waals surface area contributed by atoms with E-state index in [0.29, 0.717) is 28.5 Å². The number of thiazole rings is 1. The summed E-state index contributed by atoms with van der Waals surface area (Å²) in [7, 11) is 0. The zero-order chi connectivity index (χ0) is 13.0. The van der Waals surface area contributed by atoms with E-state index in [0.717, 1.165) is 0 Å². The summed E-state index contributed by atoms with van der Waals surface area (Å²) in [5.41, 5.74) is 0.646. The zero-order valence-electron chi connectivity index (χ0n) is 9.28. The van der Waals surface area contributed by atoms with Gasteiger partial charge in [0.05, 0.1) is 0 Å². The third-order valence-corrected chi connectivity index (χ3v) is 3.62.